The van der Waals surface area contributed by atoms with Gasteiger partial charge in [0.2, 0.25) is 17.7 Å². The summed E-state index contributed by atoms with van der Waals surface area (Å²) in [5.41, 5.74) is 9.30. The van der Waals surface area contributed by atoms with Crippen LogP contribution >= 0.6 is 0 Å². The number of fused-ring (bicyclic) bond motifs is 6. The fourth-order valence-corrected chi connectivity index (χ4v) is 11.3. The number of nitrogens with one attached hydrogen (secondary N) is 3. The molecule has 4 aromatic rings. The fraction of sp³-hybridized carbons (Fsp3) is 0.547. The molecule has 0 saturated carbocycles. The van der Waals surface area contributed by atoms with Crippen LogP contribution in [0, 0.1) is 16.7 Å². The summed E-state index contributed by atoms with van der Waals surface area (Å²) in [4.78, 5) is 79.2. The first kappa shape index (κ1) is 48.2. The molecule has 9 rings (SSSR count). The van der Waals surface area contributed by atoms with Crippen molar-refractivity contribution >= 4 is 40.5 Å². The van der Waals surface area contributed by atoms with Gasteiger partial charge in [0.1, 0.15) is 23.9 Å². The molecule has 16 nitrogen and oxygen atoms in total. The third kappa shape index (κ3) is 9.72. The number of nitrogens with zero attached hydrogens (tertiary/aromatic N) is 5. The summed E-state index contributed by atoms with van der Waals surface area (Å²) in [5.74, 6) is -1.81. The van der Waals surface area contributed by atoms with Crippen LogP contribution in [0.15, 0.2) is 54.7 Å². The van der Waals surface area contributed by atoms with Crippen molar-refractivity contribution in [3.05, 3.63) is 71.5 Å². The van der Waals surface area contributed by atoms with Gasteiger partial charge in [0.15, 0.2) is 0 Å². The van der Waals surface area contributed by atoms with Crippen LogP contribution in [0.25, 0.3) is 33.3 Å². The predicted octanol–water partition coefficient (Wildman–Crippen LogP) is 4.77. The summed E-state index contributed by atoms with van der Waals surface area (Å²) in [6, 6.07) is 12.7. The van der Waals surface area contributed by atoms with Crippen molar-refractivity contribution in [2.24, 2.45) is 16.7 Å². The maximum atomic E-state index is 14.8. The van der Waals surface area contributed by atoms with E-state index in [2.05, 4.69) is 59.6 Å². The molecule has 0 radical (unpaired) electrons. The molecular formula is C53H68N8O8. The van der Waals surface area contributed by atoms with Crippen LogP contribution in [0.1, 0.15) is 83.5 Å². The molecular weight excluding hydrogens is 877 g/mol. The Hall–Kier alpha value is -5.84. The van der Waals surface area contributed by atoms with Gasteiger partial charge in [-0.15, -0.1) is 0 Å². The zero-order chi connectivity index (χ0) is 48.8. The number of likely N-dealkylation sites (tertiary alicyclic amines) is 2. The summed E-state index contributed by atoms with van der Waals surface area (Å²) < 4.78 is 13.9. The number of methoxy groups -OCH3 is 1. The van der Waals surface area contributed by atoms with E-state index in [0.717, 1.165) is 57.4 Å². The smallest absolute Gasteiger partial charge is 0.324 e. The highest BCUT2D eigenvalue weighted by atomic mass is 16.5. The van der Waals surface area contributed by atoms with E-state index in [1.807, 2.05) is 38.2 Å². The van der Waals surface area contributed by atoms with Crippen molar-refractivity contribution in [3.63, 3.8) is 0 Å². The Morgan fingerprint density at radius 3 is 2.59 bits per heavy atom. The normalized spacial score (nSPS) is 24.2. The first-order chi connectivity index (χ1) is 33.1. The van der Waals surface area contributed by atoms with Crippen molar-refractivity contribution in [1.82, 2.24) is 40.4 Å². The Kier molecular flexibility index (Phi) is 13.6. The molecule has 4 saturated heterocycles. The number of aromatic nitrogens is 2. The van der Waals surface area contributed by atoms with Crippen molar-refractivity contribution in [2.75, 3.05) is 53.0 Å². The quantitative estimate of drug-likeness (QED) is 0.0919. The Bertz CT molecular complexity index is 2640. The van der Waals surface area contributed by atoms with E-state index < -0.39 is 46.7 Å². The molecule has 0 aliphatic carbocycles. The third-order valence-electron chi connectivity index (χ3n) is 14.9. The van der Waals surface area contributed by atoms with Gasteiger partial charge in [-0.25, -0.2) is 5.43 Å². The molecule has 16 heteroatoms. The number of benzene rings is 2. The van der Waals surface area contributed by atoms with Gasteiger partial charge in [-0.1, -0.05) is 39.8 Å². The number of esters is 1. The van der Waals surface area contributed by atoms with E-state index in [1.54, 1.807) is 29.0 Å². The van der Waals surface area contributed by atoms with Crippen LogP contribution in [-0.4, -0.2) is 136 Å². The molecule has 2 aromatic carbocycles. The van der Waals surface area contributed by atoms with E-state index in [0.29, 0.717) is 83.5 Å². The predicted molar refractivity (Wildman–Crippen MR) is 260 cm³/mol. The maximum Gasteiger partial charge on any atom is 0.324 e. The van der Waals surface area contributed by atoms with E-state index in [1.165, 1.54) is 5.01 Å². The number of aromatic hydroxyl groups is 1. The summed E-state index contributed by atoms with van der Waals surface area (Å²) in [6.07, 6.45) is 6.01. The van der Waals surface area contributed by atoms with Crippen LogP contribution in [0.5, 0.6) is 5.75 Å². The Morgan fingerprint density at radius 2 is 1.84 bits per heavy atom. The number of carbonyl (C=O) groups is 5. The van der Waals surface area contributed by atoms with Crippen molar-refractivity contribution < 1.29 is 38.6 Å². The van der Waals surface area contributed by atoms with E-state index in [4.69, 9.17) is 14.5 Å². The SMILES string of the molecule is CCn1c(-c2cccnc2CCCOC)c2c3cc(ccc31)-c1cc(O)cc(c1)C[C@H](NC(=O)[C@H](C(C)C)N1CC[C@@]3(CCN(C(=O)[C@H]4CN4)C3)C1=O)C(=O)N1CCC[C@H](N1)C(=O)OCC(C)(C)C2. The lowest BCUT2D eigenvalue weighted by atomic mass is 9.84. The number of phenols is 1. The van der Waals surface area contributed by atoms with Crippen LogP contribution in [-0.2, 0) is 59.3 Å². The minimum absolute atomic E-state index is 0.00671. The molecule has 7 heterocycles. The molecule has 5 atom stereocenters. The minimum atomic E-state index is -1.14. The van der Waals surface area contributed by atoms with E-state index in [-0.39, 0.29) is 42.6 Å². The van der Waals surface area contributed by atoms with Gasteiger partial charge < -0.3 is 39.6 Å². The second-order valence-electron chi connectivity index (χ2n) is 21.0. The average Bonchev–Trinajstić information content (AvgIpc) is 3.93. The molecule has 5 aliphatic rings. The lowest BCUT2D eigenvalue weighted by molar-refractivity contribution is -0.155. The highest BCUT2D eigenvalue weighted by molar-refractivity contribution is 5.97. The highest BCUT2D eigenvalue weighted by Crippen LogP contribution is 2.44. The van der Waals surface area contributed by atoms with Gasteiger partial charge in [0, 0.05) is 93.2 Å². The topological polar surface area (TPSA) is 198 Å². The Labute approximate surface area is 404 Å². The lowest BCUT2D eigenvalue weighted by Crippen LogP contribution is -2.62. The molecule has 6 bridgehead atoms. The third-order valence-corrected chi connectivity index (χ3v) is 14.9. The first-order valence-corrected chi connectivity index (χ1v) is 24.9. The van der Waals surface area contributed by atoms with Crippen LogP contribution in [0.3, 0.4) is 0 Å². The van der Waals surface area contributed by atoms with Crippen molar-refractivity contribution in [3.8, 4) is 28.1 Å². The number of amides is 4. The summed E-state index contributed by atoms with van der Waals surface area (Å²) in [7, 11) is 1.70. The lowest BCUT2D eigenvalue weighted by Gasteiger charge is -2.37. The molecule has 1 spiro atoms. The Morgan fingerprint density at radius 1 is 1.04 bits per heavy atom. The zero-order valence-corrected chi connectivity index (χ0v) is 40.9. The molecule has 2 aromatic heterocycles. The number of ether oxygens (including phenoxy) is 2. The number of carbonyl (C=O) groups excluding carboxylic acids is 5. The molecule has 4 fully saturated rings. The number of phenolic OH excluding ortho intramolecular Hbond substituents is 1. The van der Waals surface area contributed by atoms with E-state index in [9.17, 15) is 29.1 Å². The number of aryl methyl sites for hydroxylation is 2. The van der Waals surface area contributed by atoms with Crippen LogP contribution < -0.4 is 16.1 Å². The largest absolute Gasteiger partial charge is 0.508 e. The number of pyridine rings is 1. The number of cyclic esters (lactones) is 1. The summed E-state index contributed by atoms with van der Waals surface area (Å²) in [6.45, 7) is 13.7. The molecule has 69 heavy (non-hydrogen) atoms. The summed E-state index contributed by atoms with van der Waals surface area (Å²) in [5, 5.41) is 20.0. The summed E-state index contributed by atoms with van der Waals surface area (Å²) >= 11 is 0. The number of rotatable bonds is 11. The monoisotopic (exact) mass is 945 g/mol. The number of hydrazine groups is 1. The maximum absolute atomic E-state index is 14.8. The zero-order valence-electron chi connectivity index (χ0n) is 40.9. The highest BCUT2D eigenvalue weighted by Gasteiger charge is 2.55. The van der Waals surface area contributed by atoms with E-state index >= 15 is 0 Å². The minimum Gasteiger partial charge on any atom is -0.508 e. The average molecular weight is 945 g/mol. The second-order valence-corrected chi connectivity index (χ2v) is 21.0. The Balaban J connectivity index is 1.09. The van der Waals surface area contributed by atoms with Gasteiger partial charge >= 0.3 is 5.97 Å². The second kappa shape index (κ2) is 19.5. The van der Waals surface area contributed by atoms with Crippen LogP contribution in [0.4, 0.5) is 0 Å². The molecule has 4 N–H and O–H groups in total. The van der Waals surface area contributed by atoms with Gasteiger partial charge in [-0.3, -0.25) is 34.0 Å². The van der Waals surface area contributed by atoms with Gasteiger partial charge in [0.25, 0.3) is 5.91 Å². The number of hydrogen-bond donors (Lipinski definition) is 4. The van der Waals surface area contributed by atoms with Gasteiger partial charge in [-0.05, 0) is 116 Å². The van der Waals surface area contributed by atoms with Crippen LogP contribution in [0.2, 0.25) is 0 Å². The first-order valence-electron chi connectivity index (χ1n) is 24.9. The molecule has 5 aliphatic heterocycles. The standard InChI is InChI=1S/C53H68N8O8/c1-7-59-44-15-14-34-27-38(44)39(46(59)37-11-8-18-54-40(37)13-10-22-68-6)28-52(4,5)31-69-50(66)41-12-9-19-61(57-41)49(65)42(25-33-23-35(34)26-36(62)24-33)56-47(63)45(32(2)3)60-21-17-53(51(60)67)16-20-58(30-53)48(64)43-29-55-43/h8,11,14-15,18,23-24,26-27,32,41-43,45,55,57,62H,7,9-10,12-13,16-17,19-22,25,28-31H2,1-6H3,(H,56,63)/t41-,42-,43+,45-,53+/m0/s1. The molecule has 4 amide bonds. The molecule has 368 valence electrons. The van der Waals surface area contributed by atoms with Crippen molar-refractivity contribution in [1.29, 1.82) is 0 Å². The van der Waals surface area contributed by atoms with Gasteiger partial charge in [0.05, 0.1) is 23.8 Å². The fourth-order valence-electron chi connectivity index (χ4n) is 11.3. The number of hydrogen-bond acceptors (Lipinski definition) is 11. The van der Waals surface area contributed by atoms with Gasteiger partial charge in [-0.2, -0.15) is 0 Å². The van der Waals surface area contributed by atoms with Crippen molar-refractivity contribution in [2.45, 2.75) is 117 Å². The molecule has 0 unspecified atom stereocenters.